The summed E-state index contributed by atoms with van der Waals surface area (Å²) in [5.74, 6) is 0.137. The molecule has 0 spiro atoms. The minimum Gasteiger partial charge on any atom is -0.375 e. The second-order valence-corrected chi connectivity index (χ2v) is 5.10. The van der Waals surface area contributed by atoms with Gasteiger partial charge in [-0.05, 0) is 12.8 Å². The Bertz CT molecular complexity index is 228. The summed E-state index contributed by atoms with van der Waals surface area (Å²) in [5, 5.41) is 6.40. The summed E-state index contributed by atoms with van der Waals surface area (Å²) >= 11 is 0. The molecule has 2 N–H and O–H groups in total. The third-order valence-corrected chi connectivity index (χ3v) is 3.33. The summed E-state index contributed by atoms with van der Waals surface area (Å²) in [6.07, 6.45) is 6.20. The number of amides is 1. The van der Waals surface area contributed by atoms with Crippen LogP contribution in [0.1, 0.15) is 52.4 Å². The summed E-state index contributed by atoms with van der Waals surface area (Å²) in [6, 6.07) is 0.346. The van der Waals surface area contributed by atoms with Crippen molar-refractivity contribution < 1.29 is 9.53 Å². The SMILES string of the molecule is CCCCC(CCC)NC(=O)CC1CNCCO1. The minimum atomic E-state index is 0.0483. The van der Waals surface area contributed by atoms with Gasteiger partial charge < -0.3 is 15.4 Å². The van der Waals surface area contributed by atoms with Crippen LogP contribution in [-0.2, 0) is 9.53 Å². The molecule has 0 saturated carbocycles. The monoisotopic (exact) mass is 256 g/mol. The second-order valence-electron chi connectivity index (χ2n) is 5.10. The van der Waals surface area contributed by atoms with Crippen LogP contribution in [0.25, 0.3) is 0 Å². The fraction of sp³-hybridized carbons (Fsp3) is 0.929. The number of hydrogen-bond donors (Lipinski definition) is 2. The lowest BCUT2D eigenvalue weighted by molar-refractivity contribution is -0.125. The molecular formula is C14H28N2O2. The highest BCUT2D eigenvalue weighted by molar-refractivity contribution is 5.76. The molecule has 0 bridgehead atoms. The van der Waals surface area contributed by atoms with Gasteiger partial charge in [-0.15, -0.1) is 0 Å². The maximum atomic E-state index is 11.9. The van der Waals surface area contributed by atoms with Gasteiger partial charge >= 0.3 is 0 Å². The Labute approximate surface area is 111 Å². The van der Waals surface area contributed by atoms with Crippen LogP contribution in [0.4, 0.5) is 0 Å². The van der Waals surface area contributed by atoms with Crippen LogP contribution in [0.15, 0.2) is 0 Å². The Balaban J connectivity index is 2.25. The Morgan fingerprint density at radius 3 is 2.83 bits per heavy atom. The van der Waals surface area contributed by atoms with Crippen LogP contribution in [0.5, 0.6) is 0 Å². The molecule has 1 amide bonds. The van der Waals surface area contributed by atoms with E-state index >= 15 is 0 Å². The molecule has 2 unspecified atom stereocenters. The van der Waals surface area contributed by atoms with Gasteiger partial charge in [-0.25, -0.2) is 0 Å². The van der Waals surface area contributed by atoms with Crippen LogP contribution in [0, 0.1) is 0 Å². The van der Waals surface area contributed by atoms with Crippen molar-refractivity contribution in [2.75, 3.05) is 19.7 Å². The summed E-state index contributed by atoms with van der Waals surface area (Å²) in [7, 11) is 0. The van der Waals surface area contributed by atoms with E-state index in [4.69, 9.17) is 4.74 Å². The number of morpholine rings is 1. The average Bonchev–Trinajstić information content (AvgIpc) is 2.37. The molecular weight excluding hydrogens is 228 g/mol. The van der Waals surface area contributed by atoms with Crippen LogP contribution in [-0.4, -0.2) is 37.7 Å². The molecule has 1 saturated heterocycles. The van der Waals surface area contributed by atoms with Crippen molar-refractivity contribution in [3.05, 3.63) is 0 Å². The highest BCUT2D eigenvalue weighted by Crippen LogP contribution is 2.08. The van der Waals surface area contributed by atoms with E-state index in [0.717, 1.165) is 32.4 Å². The Morgan fingerprint density at radius 1 is 1.39 bits per heavy atom. The number of hydrogen-bond acceptors (Lipinski definition) is 3. The van der Waals surface area contributed by atoms with Gasteiger partial charge in [0.2, 0.25) is 5.91 Å². The molecule has 1 aliphatic rings. The van der Waals surface area contributed by atoms with E-state index in [1.807, 2.05) is 0 Å². The maximum Gasteiger partial charge on any atom is 0.222 e. The highest BCUT2D eigenvalue weighted by Gasteiger charge is 2.19. The molecule has 1 aliphatic heterocycles. The lowest BCUT2D eigenvalue weighted by Gasteiger charge is -2.24. The van der Waals surface area contributed by atoms with Gasteiger partial charge in [0, 0.05) is 19.1 Å². The van der Waals surface area contributed by atoms with Gasteiger partial charge in [-0.3, -0.25) is 4.79 Å². The van der Waals surface area contributed by atoms with Gasteiger partial charge in [-0.2, -0.15) is 0 Å². The summed E-state index contributed by atoms with van der Waals surface area (Å²) in [6.45, 7) is 6.76. The first-order chi connectivity index (χ1) is 8.76. The van der Waals surface area contributed by atoms with E-state index in [2.05, 4.69) is 24.5 Å². The van der Waals surface area contributed by atoms with Gasteiger partial charge in [0.1, 0.15) is 0 Å². The topological polar surface area (TPSA) is 50.4 Å². The predicted octanol–water partition coefficient (Wildman–Crippen LogP) is 1.84. The first-order valence-electron chi connectivity index (χ1n) is 7.38. The van der Waals surface area contributed by atoms with E-state index in [-0.39, 0.29) is 12.0 Å². The molecule has 2 atom stereocenters. The van der Waals surface area contributed by atoms with Crippen molar-refractivity contribution in [3.8, 4) is 0 Å². The smallest absolute Gasteiger partial charge is 0.222 e. The van der Waals surface area contributed by atoms with Gasteiger partial charge in [0.05, 0.1) is 19.1 Å². The number of rotatable bonds is 8. The van der Waals surface area contributed by atoms with Crippen LogP contribution in [0.3, 0.4) is 0 Å². The third kappa shape index (κ3) is 6.36. The number of ether oxygens (including phenoxy) is 1. The van der Waals surface area contributed by atoms with Crippen molar-refractivity contribution in [1.29, 1.82) is 0 Å². The predicted molar refractivity (Wildman–Crippen MR) is 73.6 cm³/mol. The van der Waals surface area contributed by atoms with E-state index in [9.17, 15) is 4.79 Å². The number of carbonyl (C=O) groups excluding carboxylic acids is 1. The molecule has 0 aromatic carbocycles. The molecule has 1 fully saturated rings. The van der Waals surface area contributed by atoms with Crippen molar-refractivity contribution >= 4 is 5.91 Å². The van der Waals surface area contributed by atoms with Crippen molar-refractivity contribution in [2.45, 2.75) is 64.5 Å². The first-order valence-corrected chi connectivity index (χ1v) is 7.38. The van der Waals surface area contributed by atoms with Gasteiger partial charge in [0.25, 0.3) is 0 Å². The lowest BCUT2D eigenvalue weighted by Crippen LogP contribution is -2.43. The quantitative estimate of drug-likeness (QED) is 0.697. The van der Waals surface area contributed by atoms with E-state index in [0.29, 0.717) is 19.1 Å². The Hall–Kier alpha value is -0.610. The van der Waals surface area contributed by atoms with Gasteiger partial charge in [0.15, 0.2) is 0 Å². The number of carbonyl (C=O) groups is 1. The zero-order valence-electron chi connectivity index (χ0n) is 11.8. The highest BCUT2D eigenvalue weighted by atomic mass is 16.5. The van der Waals surface area contributed by atoms with Crippen molar-refractivity contribution in [3.63, 3.8) is 0 Å². The third-order valence-electron chi connectivity index (χ3n) is 3.33. The number of nitrogens with one attached hydrogen (secondary N) is 2. The van der Waals surface area contributed by atoms with E-state index in [1.165, 1.54) is 12.8 Å². The molecule has 1 heterocycles. The second kappa shape index (κ2) is 9.34. The fourth-order valence-corrected chi connectivity index (χ4v) is 2.33. The Morgan fingerprint density at radius 2 is 2.22 bits per heavy atom. The molecule has 0 radical (unpaired) electrons. The minimum absolute atomic E-state index is 0.0483. The molecule has 4 nitrogen and oxygen atoms in total. The summed E-state index contributed by atoms with van der Waals surface area (Å²) in [4.78, 5) is 11.9. The Kier molecular flexibility index (Phi) is 8.01. The van der Waals surface area contributed by atoms with Crippen LogP contribution in [0.2, 0.25) is 0 Å². The number of unbranched alkanes of at least 4 members (excludes halogenated alkanes) is 1. The molecule has 0 aromatic heterocycles. The lowest BCUT2D eigenvalue weighted by atomic mass is 10.0. The van der Waals surface area contributed by atoms with Crippen LogP contribution >= 0.6 is 0 Å². The maximum absolute atomic E-state index is 11.9. The molecule has 0 aliphatic carbocycles. The zero-order chi connectivity index (χ0) is 13.2. The summed E-state index contributed by atoms with van der Waals surface area (Å²) in [5.41, 5.74) is 0. The molecule has 4 heteroatoms. The van der Waals surface area contributed by atoms with Crippen molar-refractivity contribution in [2.24, 2.45) is 0 Å². The zero-order valence-corrected chi connectivity index (χ0v) is 11.8. The molecule has 0 aromatic rings. The largest absolute Gasteiger partial charge is 0.375 e. The van der Waals surface area contributed by atoms with Crippen LogP contribution < -0.4 is 10.6 Å². The van der Waals surface area contributed by atoms with Crippen molar-refractivity contribution in [1.82, 2.24) is 10.6 Å². The molecule has 106 valence electrons. The van der Waals surface area contributed by atoms with E-state index < -0.39 is 0 Å². The standard InChI is InChI=1S/C14H28N2O2/c1-3-5-7-12(6-4-2)16-14(17)10-13-11-15-8-9-18-13/h12-13,15H,3-11H2,1-2H3,(H,16,17). The normalized spacial score (nSPS) is 21.6. The summed E-state index contributed by atoms with van der Waals surface area (Å²) < 4.78 is 5.55. The average molecular weight is 256 g/mol. The first kappa shape index (κ1) is 15.4. The van der Waals surface area contributed by atoms with E-state index in [1.54, 1.807) is 0 Å². The van der Waals surface area contributed by atoms with Gasteiger partial charge in [-0.1, -0.05) is 33.1 Å². The fourth-order valence-electron chi connectivity index (χ4n) is 2.33. The molecule has 18 heavy (non-hydrogen) atoms. The molecule has 1 rings (SSSR count).